The lowest BCUT2D eigenvalue weighted by Gasteiger charge is -2.06. The molecule has 1 nitrogen and oxygen atoms in total. The molecular weight excluding hydrogens is 249 g/mol. The summed E-state index contributed by atoms with van der Waals surface area (Å²) in [5.41, 5.74) is 3.57. The van der Waals surface area contributed by atoms with E-state index in [9.17, 15) is 4.39 Å². The van der Waals surface area contributed by atoms with Crippen molar-refractivity contribution >= 4 is 0 Å². The molecule has 0 N–H and O–H groups in total. The molecule has 0 aliphatic rings. The van der Waals surface area contributed by atoms with Gasteiger partial charge in [0.05, 0.1) is 5.69 Å². The van der Waals surface area contributed by atoms with Crippen LogP contribution in [-0.2, 0) is 12.8 Å². The number of nitrogens with zero attached hydrogens (tertiary/aromatic N) is 1. The van der Waals surface area contributed by atoms with Gasteiger partial charge < -0.3 is 0 Å². The summed E-state index contributed by atoms with van der Waals surface area (Å²) in [6, 6.07) is 9.45. The molecule has 2 aromatic rings. The van der Waals surface area contributed by atoms with Crippen LogP contribution in [0.15, 0.2) is 36.5 Å². The Morgan fingerprint density at radius 2 is 1.75 bits per heavy atom. The van der Waals surface area contributed by atoms with Crippen LogP contribution >= 0.6 is 0 Å². The summed E-state index contributed by atoms with van der Waals surface area (Å²) in [4.78, 5) is 4.38. The molecule has 0 bridgehead atoms. The van der Waals surface area contributed by atoms with Gasteiger partial charge in [0.25, 0.3) is 0 Å². The predicted octanol–water partition coefficient (Wildman–Crippen LogP) is 5.18. The minimum atomic E-state index is -0.172. The van der Waals surface area contributed by atoms with Gasteiger partial charge in [-0.2, -0.15) is 0 Å². The van der Waals surface area contributed by atoms with Crippen molar-refractivity contribution in [3.8, 4) is 11.3 Å². The Bertz CT molecular complexity index is 546. The summed E-state index contributed by atoms with van der Waals surface area (Å²) in [6.07, 6.45) is 7.14. The maximum absolute atomic E-state index is 14.2. The highest BCUT2D eigenvalue weighted by atomic mass is 19.1. The normalized spacial score (nSPS) is 10.8. The number of hydrogen-bond donors (Lipinski definition) is 0. The van der Waals surface area contributed by atoms with Crippen LogP contribution in [0, 0.1) is 5.82 Å². The summed E-state index contributed by atoms with van der Waals surface area (Å²) >= 11 is 0. The van der Waals surface area contributed by atoms with Crippen molar-refractivity contribution in [3.63, 3.8) is 0 Å². The number of aromatic nitrogens is 1. The monoisotopic (exact) mass is 271 g/mol. The fraction of sp³-hybridized carbons (Fsp3) is 0.389. The first-order valence-corrected chi connectivity index (χ1v) is 7.48. The molecule has 0 fully saturated rings. The SMILES string of the molecule is CCCCc1ccc(-c2ccc(CCC)cn2)c(F)c1. The Kier molecular flexibility index (Phi) is 5.28. The van der Waals surface area contributed by atoms with Crippen molar-refractivity contribution in [2.75, 3.05) is 0 Å². The van der Waals surface area contributed by atoms with Gasteiger partial charge in [-0.25, -0.2) is 4.39 Å². The van der Waals surface area contributed by atoms with Crippen LogP contribution in [0.5, 0.6) is 0 Å². The first-order valence-electron chi connectivity index (χ1n) is 7.48. The van der Waals surface area contributed by atoms with Crippen molar-refractivity contribution < 1.29 is 4.39 Å². The van der Waals surface area contributed by atoms with Gasteiger partial charge in [0.2, 0.25) is 0 Å². The molecule has 0 aliphatic heterocycles. The lowest BCUT2D eigenvalue weighted by atomic mass is 10.0. The first-order chi connectivity index (χ1) is 9.74. The van der Waals surface area contributed by atoms with E-state index in [-0.39, 0.29) is 5.82 Å². The van der Waals surface area contributed by atoms with E-state index in [0.29, 0.717) is 11.3 Å². The van der Waals surface area contributed by atoms with Crippen LogP contribution in [0.4, 0.5) is 4.39 Å². The molecule has 106 valence electrons. The van der Waals surface area contributed by atoms with E-state index in [1.54, 1.807) is 6.07 Å². The van der Waals surface area contributed by atoms with E-state index in [2.05, 4.69) is 18.8 Å². The minimum Gasteiger partial charge on any atom is -0.256 e. The van der Waals surface area contributed by atoms with Crippen molar-refractivity contribution in [3.05, 3.63) is 53.5 Å². The van der Waals surface area contributed by atoms with Gasteiger partial charge in [-0.05, 0) is 48.6 Å². The number of rotatable bonds is 6. The summed E-state index contributed by atoms with van der Waals surface area (Å²) < 4.78 is 14.2. The summed E-state index contributed by atoms with van der Waals surface area (Å²) in [5, 5.41) is 0. The molecule has 1 aromatic carbocycles. The molecule has 1 heterocycles. The molecule has 0 atom stereocenters. The van der Waals surface area contributed by atoms with Crippen LogP contribution in [-0.4, -0.2) is 4.98 Å². The van der Waals surface area contributed by atoms with Crippen LogP contribution in [0.25, 0.3) is 11.3 Å². The van der Waals surface area contributed by atoms with Gasteiger partial charge in [-0.3, -0.25) is 4.98 Å². The number of hydrogen-bond acceptors (Lipinski definition) is 1. The van der Waals surface area contributed by atoms with Crippen LogP contribution < -0.4 is 0 Å². The lowest BCUT2D eigenvalue weighted by Crippen LogP contribution is -1.93. The van der Waals surface area contributed by atoms with Crippen LogP contribution in [0.1, 0.15) is 44.2 Å². The second-order valence-corrected chi connectivity index (χ2v) is 5.22. The molecule has 0 spiro atoms. The highest BCUT2D eigenvalue weighted by molar-refractivity contribution is 5.60. The smallest absolute Gasteiger partial charge is 0.132 e. The molecule has 2 rings (SSSR count). The van der Waals surface area contributed by atoms with Gasteiger partial charge in [0, 0.05) is 11.8 Å². The Morgan fingerprint density at radius 3 is 2.35 bits per heavy atom. The summed E-state index contributed by atoms with van der Waals surface area (Å²) in [7, 11) is 0. The van der Waals surface area contributed by atoms with Crippen LogP contribution in [0.2, 0.25) is 0 Å². The van der Waals surface area contributed by atoms with E-state index in [1.807, 2.05) is 30.5 Å². The number of pyridine rings is 1. The van der Waals surface area contributed by atoms with Gasteiger partial charge in [0.1, 0.15) is 5.82 Å². The number of benzene rings is 1. The second kappa shape index (κ2) is 7.18. The van der Waals surface area contributed by atoms with Crippen LogP contribution in [0.3, 0.4) is 0 Å². The van der Waals surface area contributed by atoms with E-state index in [0.717, 1.165) is 37.7 Å². The molecule has 20 heavy (non-hydrogen) atoms. The highest BCUT2D eigenvalue weighted by Crippen LogP contribution is 2.23. The van der Waals surface area contributed by atoms with Gasteiger partial charge in [-0.15, -0.1) is 0 Å². The largest absolute Gasteiger partial charge is 0.256 e. The molecule has 1 aromatic heterocycles. The average Bonchev–Trinajstić information content (AvgIpc) is 2.47. The molecule has 0 unspecified atom stereocenters. The number of unbranched alkanes of at least 4 members (excludes halogenated alkanes) is 1. The predicted molar refractivity (Wildman–Crippen MR) is 82.2 cm³/mol. The summed E-state index contributed by atoms with van der Waals surface area (Å²) in [5.74, 6) is -0.172. The Hall–Kier alpha value is -1.70. The average molecular weight is 271 g/mol. The highest BCUT2D eigenvalue weighted by Gasteiger charge is 2.07. The molecule has 2 heteroatoms. The first kappa shape index (κ1) is 14.7. The fourth-order valence-corrected chi connectivity index (χ4v) is 2.32. The van der Waals surface area contributed by atoms with E-state index in [4.69, 9.17) is 0 Å². The third-order valence-corrected chi connectivity index (χ3v) is 3.49. The topological polar surface area (TPSA) is 12.9 Å². The van der Waals surface area contributed by atoms with E-state index >= 15 is 0 Å². The fourth-order valence-electron chi connectivity index (χ4n) is 2.32. The van der Waals surface area contributed by atoms with Crippen molar-refractivity contribution in [2.45, 2.75) is 46.0 Å². The van der Waals surface area contributed by atoms with Gasteiger partial charge in [0.15, 0.2) is 0 Å². The molecular formula is C18H22FN. The Balaban J connectivity index is 2.19. The molecule has 0 radical (unpaired) electrons. The van der Waals surface area contributed by atoms with Crippen molar-refractivity contribution in [1.29, 1.82) is 0 Å². The molecule has 0 saturated carbocycles. The van der Waals surface area contributed by atoms with E-state index < -0.39 is 0 Å². The van der Waals surface area contributed by atoms with Crippen molar-refractivity contribution in [1.82, 2.24) is 4.98 Å². The standard InChI is InChI=1S/C18H22FN/c1-3-5-7-14-8-10-16(17(19)12-14)18-11-9-15(6-4-2)13-20-18/h8-13H,3-7H2,1-2H3. The Morgan fingerprint density at radius 1 is 0.950 bits per heavy atom. The van der Waals surface area contributed by atoms with Gasteiger partial charge in [-0.1, -0.05) is 38.8 Å². The number of aryl methyl sites for hydroxylation is 2. The third kappa shape index (κ3) is 3.66. The second-order valence-electron chi connectivity index (χ2n) is 5.22. The Labute approximate surface area is 120 Å². The summed E-state index contributed by atoms with van der Waals surface area (Å²) in [6.45, 7) is 4.29. The zero-order valence-electron chi connectivity index (χ0n) is 12.3. The van der Waals surface area contributed by atoms with Gasteiger partial charge >= 0.3 is 0 Å². The molecule has 0 saturated heterocycles. The quantitative estimate of drug-likeness (QED) is 0.705. The lowest BCUT2D eigenvalue weighted by molar-refractivity contribution is 0.627. The third-order valence-electron chi connectivity index (χ3n) is 3.49. The maximum atomic E-state index is 14.2. The minimum absolute atomic E-state index is 0.172. The maximum Gasteiger partial charge on any atom is 0.132 e. The molecule has 0 aliphatic carbocycles. The number of halogens is 1. The zero-order chi connectivity index (χ0) is 14.4. The van der Waals surface area contributed by atoms with Crippen molar-refractivity contribution in [2.24, 2.45) is 0 Å². The zero-order valence-corrected chi connectivity index (χ0v) is 12.3. The van der Waals surface area contributed by atoms with E-state index in [1.165, 1.54) is 5.56 Å². The molecule has 0 amide bonds.